The van der Waals surface area contributed by atoms with Gasteiger partial charge in [-0.15, -0.1) is 0 Å². The molecular formula is C58H37N3. The van der Waals surface area contributed by atoms with Gasteiger partial charge in [-0.25, -0.2) is 0 Å². The maximum Gasteiger partial charge on any atom is 0.0620 e. The smallest absolute Gasteiger partial charge is 0.0620 e. The number of hydrogen-bond acceptors (Lipinski definition) is 1. The summed E-state index contributed by atoms with van der Waals surface area (Å²) in [5.41, 5.74) is 13.0. The van der Waals surface area contributed by atoms with Crippen molar-refractivity contribution in [1.29, 1.82) is 0 Å². The minimum Gasteiger partial charge on any atom is -0.310 e. The SMILES string of the molecule is c1ccc(N(c2ccccc2)c2ccc3c(c2)c2cc(-c4ccc5ccc6cc7c8ccccc8n(-c8ccccc8)c7c7ccc4c5c67)ccc2n3-c2ccccc2)cc1. The van der Waals surface area contributed by atoms with Crippen LogP contribution in [0.3, 0.4) is 0 Å². The first-order valence-electron chi connectivity index (χ1n) is 21.0. The monoisotopic (exact) mass is 775 g/mol. The lowest BCUT2D eigenvalue weighted by atomic mass is 9.88. The molecule has 0 unspecified atom stereocenters. The van der Waals surface area contributed by atoms with Gasteiger partial charge in [0.25, 0.3) is 0 Å². The molecule has 2 aromatic heterocycles. The molecule has 13 aromatic rings. The average molecular weight is 776 g/mol. The van der Waals surface area contributed by atoms with Crippen LogP contribution < -0.4 is 4.90 Å². The van der Waals surface area contributed by atoms with E-state index in [1.165, 1.54) is 92.7 Å². The number of anilines is 3. The summed E-state index contributed by atoms with van der Waals surface area (Å²) in [7, 11) is 0. The van der Waals surface area contributed by atoms with E-state index in [1.807, 2.05) is 0 Å². The molecular weight excluding hydrogens is 739 g/mol. The summed E-state index contributed by atoms with van der Waals surface area (Å²) in [4.78, 5) is 2.35. The van der Waals surface area contributed by atoms with E-state index < -0.39 is 0 Å². The quantitative estimate of drug-likeness (QED) is 0.153. The van der Waals surface area contributed by atoms with Crippen molar-refractivity contribution < 1.29 is 0 Å². The van der Waals surface area contributed by atoms with E-state index in [9.17, 15) is 0 Å². The summed E-state index contributed by atoms with van der Waals surface area (Å²) in [5.74, 6) is 0. The number of para-hydroxylation sites is 5. The number of nitrogens with zero attached hydrogens (tertiary/aromatic N) is 3. The van der Waals surface area contributed by atoms with Gasteiger partial charge < -0.3 is 14.0 Å². The largest absolute Gasteiger partial charge is 0.310 e. The van der Waals surface area contributed by atoms with Crippen LogP contribution in [0.15, 0.2) is 224 Å². The Kier molecular flexibility index (Phi) is 7.31. The molecule has 3 nitrogen and oxygen atoms in total. The molecule has 0 bridgehead atoms. The zero-order valence-electron chi connectivity index (χ0n) is 33.2. The molecule has 0 atom stereocenters. The van der Waals surface area contributed by atoms with Crippen LogP contribution in [-0.2, 0) is 0 Å². The first-order chi connectivity index (χ1) is 30.3. The van der Waals surface area contributed by atoms with E-state index in [-0.39, 0.29) is 0 Å². The van der Waals surface area contributed by atoms with Crippen molar-refractivity contribution in [2.75, 3.05) is 4.90 Å². The number of hydrogen-bond donors (Lipinski definition) is 0. The highest BCUT2D eigenvalue weighted by atomic mass is 15.1. The summed E-state index contributed by atoms with van der Waals surface area (Å²) in [6.45, 7) is 0. The van der Waals surface area contributed by atoms with Gasteiger partial charge >= 0.3 is 0 Å². The molecule has 0 aliphatic carbocycles. The zero-order chi connectivity index (χ0) is 40.0. The van der Waals surface area contributed by atoms with E-state index in [0.29, 0.717) is 0 Å². The van der Waals surface area contributed by atoms with E-state index in [0.717, 1.165) is 22.7 Å². The standard InChI is InChI=1S/C58H37N3/c1-5-15-41(16-6-1)59(42-17-7-2-8-18-42)45-29-34-55-51(37-45)50-35-39(28-33-54(50)60(55)43-19-9-3-10-20-43)46-30-27-38-25-26-40-36-52-47-23-13-14-24-53(47)61(44-21-11-4-12-22-44)58(52)49-32-31-48(46)56(38)57(40)49/h1-37H. The van der Waals surface area contributed by atoms with Gasteiger partial charge in [0.05, 0.1) is 22.1 Å². The molecule has 0 amide bonds. The van der Waals surface area contributed by atoms with Crippen LogP contribution in [0.5, 0.6) is 0 Å². The van der Waals surface area contributed by atoms with Crippen molar-refractivity contribution in [2.24, 2.45) is 0 Å². The van der Waals surface area contributed by atoms with E-state index in [1.54, 1.807) is 0 Å². The predicted molar refractivity (Wildman–Crippen MR) is 259 cm³/mol. The number of aromatic nitrogens is 2. The highest BCUT2D eigenvalue weighted by molar-refractivity contribution is 6.33. The van der Waals surface area contributed by atoms with E-state index in [4.69, 9.17) is 0 Å². The van der Waals surface area contributed by atoms with Gasteiger partial charge in [-0.05, 0) is 129 Å². The topological polar surface area (TPSA) is 13.1 Å². The molecule has 61 heavy (non-hydrogen) atoms. The highest BCUT2D eigenvalue weighted by Gasteiger charge is 2.22. The Morgan fingerprint density at radius 1 is 0.295 bits per heavy atom. The Morgan fingerprint density at radius 2 is 0.836 bits per heavy atom. The van der Waals surface area contributed by atoms with Crippen LogP contribution >= 0.6 is 0 Å². The lowest BCUT2D eigenvalue weighted by Crippen LogP contribution is -2.09. The maximum absolute atomic E-state index is 2.46. The fraction of sp³-hybridized carbons (Fsp3) is 0. The van der Waals surface area contributed by atoms with Crippen molar-refractivity contribution >= 4 is 93.0 Å². The van der Waals surface area contributed by atoms with Crippen LogP contribution in [0.2, 0.25) is 0 Å². The zero-order valence-corrected chi connectivity index (χ0v) is 33.2. The van der Waals surface area contributed by atoms with Gasteiger partial charge in [-0.2, -0.15) is 0 Å². The lowest BCUT2D eigenvalue weighted by molar-refractivity contribution is 1.18. The molecule has 11 aromatic carbocycles. The molecule has 0 N–H and O–H groups in total. The number of benzene rings is 11. The summed E-state index contributed by atoms with van der Waals surface area (Å²) in [5, 5.41) is 12.7. The van der Waals surface area contributed by atoms with E-state index in [2.05, 4.69) is 238 Å². The molecule has 0 saturated heterocycles. The van der Waals surface area contributed by atoms with Gasteiger partial charge in [0, 0.05) is 55.4 Å². The van der Waals surface area contributed by atoms with Crippen molar-refractivity contribution in [3.8, 4) is 22.5 Å². The predicted octanol–water partition coefficient (Wildman–Crippen LogP) is 15.9. The van der Waals surface area contributed by atoms with Crippen molar-refractivity contribution in [1.82, 2.24) is 9.13 Å². The summed E-state index contributed by atoms with van der Waals surface area (Å²) in [6, 6.07) is 82.1. The third-order valence-corrected chi connectivity index (χ3v) is 12.8. The fourth-order valence-electron chi connectivity index (χ4n) is 10.2. The minimum absolute atomic E-state index is 1.12. The van der Waals surface area contributed by atoms with Crippen LogP contribution in [-0.4, -0.2) is 9.13 Å². The van der Waals surface area contributed by atoms with Crippen molar-refractivity contribution in [3.05, 3.63) is 224 Å². The Labute approximate surface area is 352 Å². The molecule has 0 saturated carbocycles. The molecule has 0 aliphatic heterocycles. The Balaban J connectivity index is 1.06. The molecule has 284 valence electrons. The summed E-state index contributed by atoms with van der Waals surface area (Å²) < 4.78 is 4.87. The highest BCUT2D eigenvalue weighted by Crippen LogP contribution is 2.46. The second kappa shape index (κ2) is 13.2. The third-order valence-electron chi connectivity index (χ3n) is 12.8. The normalized spacial score (nSPS) is 11.9. The first kappa shape index (κ1) is 33.8. The third kappa shape index (κ3) is 5.04. The van der Waals surface area contributed by atoms with E-state index >= 15 is 0 Å². The number of rotatable bonds is 6. The van der Waals surface area contributed by atoms with Gasteiger partial charge in [0.1, 0.15) is 0 Å². The molecule has 13 rings (SSSR count). The average Bonchev–Trinajstić information content (AvgIpc) is 3.84. The number of fused-ring (bicyclic) bond motifs is 7. The second-order valence-electron chi connectivity index (χ2n) is 16.1. The molecule has 0 fully saturated rings. The van der Waals surface area contributed by atoms with Crippen LogP contribution in [0.4, 0.5) is 17.1 Å². The molecule has 3 heteroatoms. The van der Waals surface area contributed by atoms with Gasteiger partial charge in [-0.3, -0.25) is 0 Å². The van der Waals surface area contributed by atoms with Gasteiger partial charge in [-0.1, -0.05) is 133 Å². The Hall–Kier alpha value is -8.14. The van der Waals surface area contributed by atoms with Gasteiger partial charge in [0.2, 0.25) is 0 Å². The maximum atomic E-state index is 2.46. The summed E-state index contributed by atoms with van der Waals surface area (Å²) >= 11 is 0. The Bertz CT molecular complexity index is 3750. The summed E-state index contributed by atoms with van der Waals surface area (Å²) in [6.07, 6.45) is 0. The lowest BCUT2D eigenvalue weighted by Gasteiger charge is -2.25. The van der Waals surface area contributed by atoms with Crippen molar-refractivity contribution in [3.63, 3.8) is 0 Å². The molecule has 2 heterocycles. The fourth-order valence-corrected chi connectivity index (χ4v) is 10.2. The minimum atomic E-state index is 1.12. The first-order valence-corrected chi connectivity index (χ1v) is 21.0. The van der Waals surface area contributed by atoms with Crippen LogP contribution in [0.25, 0.3) is 98.4 Å². The van der Waals surface area contributed by atoms with Crippen molar-refractivity contribution in [2.45, 2.75) is 0 Å². The molecule has 0 radical (unpaired) electrons. The van der Waals surface area contributed by atoms with Crippen LogP contribution in [0, 0.1) is 0 Å². The Morgan fingerprint density at radius 3 is 1.56 bits per heavy atom. The van der Waals surface area contributed by atoms with Gasteiger partial charge in [0.15, 0.2) is 0 Å². The second-order valence-corrected chi connectivity index (χ2v) is 16.1. The van der Waals surface area contributed by atoms with Crippen LogP contribution in [0.1, 0.15) is 0 Å². The molecule has 0 spiro atoms. The molecule has 0 aliphatic rings.